The molecule has 2 rings (SSSR count). The van der Waals surface area contributed by atoms with Crippen molar-refractivity contribution in [1.29, 1.82) is 0 Å². The molecule has 0 saturated heterocycles. The Morgan fingerprint density at radius 2 is 1.50 bits per heavy atom. The van der Waals surface area contributed by atoms with Gasteiger partial charge in [-0.25, -0.2) is 0 Å². The van der Waals surface area contributed by atoms with Gasteiger partial charge in [-0.1, -0.05) is 65.7 Å². The second-order valence-electron chi connectivity index (χ2n) is 3.80. The van der Waals surface area contributed by atoms with Crippen molar-refractivity contribution in [1.82, 2.24) is 0 Å². The lowest BCUT2D eigenvalue weighted by molar-refractivity contribution is 1.46. The molecule has 2 aromatic carbocycles. The first-order valence-electron chi connectivity index (χ1n) is 5.24. The molecule has 0 N–H and O–H groups in total. The van der Waals surface area contributed by atoms with Crippen LogP contribution in [0, 0.1) is 6.92 Å². The highest BCUT2D eigenvalue weighted by atomic mass is 35.5. The van der Waals surface area contributed by atoms with Gasteiger partial charge in [0.15, 0.2) is 0 Å². The average molecular weight is 229 g/mol. The van der Waals surface area contributed by atoms with E-state index in [4.69, 9.17) is 11.6 Å². The Bertz CT molecular complexity index is 465. The van der Waals surface area contributed by atoms with E-state index in [0.29, 0.717) is 0 Å². The highest BCUT2D eigenvalue weighted by Gasteiger charge is 1.90. The Hall–Kier alpha value is -1.53. The molecule has 0 bridgehead atoms. The van der Waals surface area contributed by atoms with Crippen LogP contribution in [-0.4, -0.2) is 0 Å². The standard InChI is InChI=1S/C15H13Cl/c1-12-4-2-5-13(10-12)8-9-14-6-3-7-15(16)11-14/h2-11H,1H3. The zero-order valence-electron chi connectivity index (χ0n) is 9.15. The summed E-state index contributed by atoms with van der Waals surface area (Å²) in [5.41, 5.74) is 3.60. The normalized spacial score (nSPS) is 10.9. The first-order chi connectivity index (χ1) is 7.74. The first-order valence-corrected chi connectivity index (χ1v) is 5.62. The second-order valence-corrected chi connectivity index (χ2v) is 4.24. The molecule has 0 aliphatic carbocycles. The molecule has 0 spiro atoms. The van der Waals surface area contributed by atoms with E-state index in [1.807, 2.05) is 24.3 Å². The van der Waals surface area contributed by atoms with E-state index in [1.54, 1.807) is 0 Å². The molecule has 0 radical (unpaired) electrons. The SMILES string of the molecule is Cc1cccc(C=Cc2cccc(Cl)c2)c1. The van der Waals surface area contributed by atoms with Gasteiger partial charge in [0.25, 0.3) is 0 Å². The van der Waals surface area contributed by atoms with E-state index in [1.165, 1.54) is 11.1 Å². The number of hydrogen-bond acceptors (Lipinski definition) is 0. The fraction of sp³-hybridized carbons (Fsp3) is 0.0667. The molecule has 16 heavy (non-hydrogen) atoms. The van der Waals surface area contributed by atoms with Crippen LogP contribution in [0.3, 0.4) is 0 Å². The van der Waals surface area contributed by atoms with Gasteiger partial charge < -0.3 is 0 Å². The van der Waals surface area contributed by atoms with E-state index in [9.17, 15) is 0 Å². The molecule has 0 amide bonds. The first kappa shape index (κ1) is 11.0. The number of rotatable bonds is 2. The lowest BCUT2D eigenvalue weighted by atomic mass is 10.1. The van der Waals surface area contributed by atoms with Crippen LogP contribution < -0.4 is 0 Å². The van der Waals surface area contributed by atoms with Crippen LogP contribution in [0.4, 0.5) is 0 Å². The third-order valence-electron chi connectivity index (χ3n) is 2.36. The maximum absolute atomic E-state index is 5.92. The second kappa shape index (κ2) is 5.00. The minimum absolute atomic E-state index is 0.770. The van der Waals surface area contributed by atoms with E-state index < -0.39 is 0 Å². The van der Waals surface area contributed by atoms with Gasteiger partial charge in [-0.3, -0.25) is 0 Å². The number of halogens is 1. The van der Waals surface area contributed by atoms with Crippen LogP contribution in [0.1, 0.15) is 16.7 Å². The molecule has 0 heterocycles. The van der Waals surface area contributed by atoms with Crippen LogP contribution in [-0.2, 0) is 0 Å². The summed E-state index contributed by atoms with van der Waals surface area (Å²) < 4.78 is 0. The van der Waals surface area contributed by atoms with Gasteiger partial charge in [0.2, 0.25) is 0 Å². The molecule has 0 fully saturated rings. The van der Waals surface area contributed by atoms with E-state index in [0.717, 1.165) is 10.6 Å². The molecule has 2 aromatic rings. The molecule has 0 aliphatic heterocycles. The fourth-order valence-electron chi connectivity index (χ4n) is 1.58. The molecular weight excluding hydrogens is 216 g/mol. The number of hydrogen-bond donors (Lipinski definition) is 0. The summed E-state index contributed by atoms with van der Waals surface area (Å²) >= 11 is 5.92. The van der Waals surface area contributed by atoms with Crippen LogP contribution in [0.25, 0.3) is 12.2 Å². The van der Waals surface area contributed by atoms with Gasteiger partial charge >= 0.3 is 0 Å². The van der Waals surface area contributed by atoms with Crippen molar-refractivity contribution in [3.05, 3.63) is 70.2 Å². The molecule has 0 unspecified atom stereocenters. The molecule has 0 nitrogen and oxygen atoms in total. The molecule has 0 aliphatic rings. The monoisotopic (exact) mass is 228 g/mol. The molecule has 80 valence electrons. The highest BCUT2D eigenvalue weighted by molar-refractivity contribution is 6.30. The summed E-state index contributed by atoms with van der Waals surface area (Å²) in [6, 6.07) is 16.2. The smallest absolute Gasteiger partial charge is 0.0411 e. The van der Waals surface area contributed by atoms with Gasteiger partial charge in [-0.2, -0.15) is 0 Å². The average Bonchev–Trinajstić information content (AvgIpc) is 2.27. The fourth-order valence-corrected chi connectivity index (χ4v) is 1.78. The van der Waals surface area contributed by atoms with Crippen LogP contribution in [0.2, 0.25) is 5.02 Å². The topological polar surface area (TPSA) is 0 Å². The zero-order valence-corrected chi connectivity index (χ0v) is 9.91. The van der Waals surface area contributed by atoms with E-state index in [2.05, 4.69) is 43.3 Å². The summed E-state index contributed by atoms with van der Waals surface area (Å²) in [5, 5.41) is 0.770. The minimum atomic E-state index is 0.770. The maximum Gasteiger partial charge on any atom is 0.0411 e. The van der Waals surface area contributed by atoms with Crippen molar-refractivity contribution in [2.45, 2.75) is 6.92 Å². The molecule has 0 aromatic heterocycles. The number of aryl methyl sites for hydroxylation is 1. The van der Waals surface area contributed by atoms with Crippen molar-refractivity contribution in [3.8, 4) is 0 Å². The van der Waals surface area contributed by atoms with Gasteiger partial charge in [0, 0.05) is 5.02 Å². The Kier molecular flexibility index (Phi) is 3.43. The van der Waals surface area contributed by atoms with Crippen molar-refractivity contribution in [3.63, 3.8) is 0 Å². The molecule has 1 heteroatoms. The lowest BCUT2D eigenvalue weighted by Gasteiger charge is -1.97. The quantitative estimate of drug-likeness (QED) is 0.647. The van der Waals surface area contributed by atoms with Gasteiger partial charge in [-0.15, -0.1) is 0 Å². The largest absolute Gasteiger partial charge is 0.0843 e. The summed E-state index contributed by atoms with van der Waals surface area (Å²) in [5.74, 6) is 0. The predicted molar refractivity (Wildman–Crippen MR) is 71.6 cm³/mol. The van der Waals surface area contributed by atoms with Crippen molar-refractivity contribution in [2.24, 2.45) is 0 Å². The Balaban J connectivity index is 2.21. The summed E-state index contributed by atoms with van der Waals surface area (Å²) in [6.45, 7) is 2.09. The number of benzene rings is 2. The van der Waals surface area contributed by atoms with Crippen molar-refractivity contribution < 1.29 is 0 Å². The van der Waals surface area contributed by atoms with Crippen LogP contribution in [0.15, 0.2) is 48.5 Å². The van der Waals surface area contributed by atoms with Gasteiger partial charge in [0.1, 0.15) is 0 Å². The Labute approximate surface area is 101 Å². The van der Waals surface area contributed by atoms with E-state index >= 15 is 0 Å². The third-order valence-corrected chi connectivity index (χ3v) is 2.59. The van der Waals surface area contributed by atoms with Gasteiger partial charge in [0.05, 0.1) is 0 Å². The van der Waals surface area contributed by atoms with Crippen molar-refractivity contribution >= 4 is 23.8 Å². The summed E-state index contributed by atoms with van der Waals surface area (Å²) in [4.78, 5) is 0. The van der Waals surface area contributed by atoms with Crippen molar-refractivity contribution in [2.75, 3.05) is 0 Å². The zero-order chi connectivity index (χ0) is 11.4. The predicted octanol–water partition coefficient (Wildman–Crippen LogP) is 4.82. The Morgan fingerprint density at radius 3 is 2.12 bits per heavy atom. The van der Waals surface area contributed by atoms with Gasteiger partial charge in [-0.05, 0) is 30.2 Å². The van der Waals surface area contributed by atoms with E-state index in [-0.39, 0.29) is 0 Å². The van der Waals surface area contributed by atoms with Crippen LogP contribution >= 0.6 is 11.6 Å². The molecule has 0 saturated carbocycles. The van der Waals surface area contributed by atoms with Crippen LogP contribution in [0.5, 0.6) is 0 Å². The minimum Gasteiger partial charge on any atom is -0.0843 e. The third kappa shape index (κ3) is 2.98. The lowest BCUT2D eigenvalue weighted by Crippen LogP contribution is -1.75. The highest BCUT2D eigenvalue weighted by Crippen LogP contribution is 2.14. The molecule has 0 atom stereocenters. The Morgan fingerprint density at radius 1 is 0.875 bits per heavy atom. The summed E-state index contributed by atoms with van der Waals surface area (Å²) in [6.07, 6.45) is 4.17. The maximum atomic E-state index is 5.92. The molecular formula is C15H13Cl. The summed E-state index contributed by atoms with van der Waals surface area (Å²) in [7, 11) is 0.